The number of sulfonamides is 1. The molecule has 1 fully saturated rings. The molecule has 0 aliphatic carbocycles. The molecule has 0 spiro atoms. The summed E-state index contributed by atoms with van der Waals surface area (Å²) >= 11 is 0. The molecule has 4 heterocycles. The maximum Gasteiger partial charge on any atom is 0.391 e. The highest BCUT2D eigenvalue weighted by molar-refractivity contribution is 7.92. The van der Waals surface area contributed by atoms with Gasteiger partial charge in [-0.3, -0.25) is 9.62 Å². The molecule has 3 atom stereocenters. The molecule has 2 aliphatic heterocycles. The van der Waals surface area contributed by atoms with Gasteiger partial charge in [-0.05, 0) is 43.1 Å². The van der Waals surface area contributed by atoms with Gasteiger partial charge in [-0.25, -0.2) is 22.8 Å². The second-order valence-electron chi connectivity index (χ2n) is 8.87. The second kappa shape index (κ2) is 9.82. The smallest absolute Gasteiger partial charge is 0.391 e. The summed E-state index contributed by atoms with van der Waals surface area (Å²) in [5, 5.41) is 7.56. The van der Waals surface area contributed by atoms with E-state index in [2.05, 4.69) is 24.9 Å². The molecule has 3 aromatic rings. The van der Waals surface area contributed by atoms with Crippen LogP contribution in [0.4, 0.5) is 23.4 Å². The standard InChI is InChI=1S/C23H22F4N6O3S/c24-17-10-16-18(33-7-3-15(23(25,26)27)9-19(33)14-1-6-30-31-12-14)4-8-36-20(16)11-21(17)37(34,35)32-22-2-5-28-13-29-22/h1-2,5-6,10-13,15,18-19H,3-4,7-9H2,(H,28,29,32)/t15-,18-,19+/m0/s1. The van der Waals surface area contributed by atoms with Gasteiger partial charge in [0, 0.05) is 42.5 Å². The number of halogens is 4. The molecule has 0 bridgehead atoms. The van der Waals surface area contributed by atoms with Gasteiger partial charge in [0.2, 0.25) is 0 Å². The van der Waals surface area contributed by atoms with Crippen molar-refractivity contribution in [1.29, 1.82) is 0 Å². The van der Waals surface area contributed by atoms with E-state index < -0.39 is 44.9 Å². The van der Waals surface area contributed by atoms with Crippen molar-refractivity contribution < 1.29 is 30.7 Å². The highest BCUT2D eigenvalue weighted by Gasteiger charge is 2.47. The highest BCUT2D eigenvalue weighted by atomic mass is 32.2. The highest BCUT2D eigenvalue weighted by Crippen LogP contribution is 2.48. The lowest BCUT2D eigenvalue weighted by Gasteiger charge is -2.45. The molecule has 2 aromatic heterocycles. The molecule has 0 amide bonds. The number of alkyl halides is 3. The minimum absolute atomic E-state index is 0.0350. The van der Waals surface area contributed by atoms with E-state index >= 15 is 4.39 Å². The van der Waals surface area contributed by atoms with Crippen molar-refractivity contribution >= 4 is 15.8 Å². The first-order valence-corrected chi connectivity index (χ1v) is 13.0. The number of benzene rings is 1. The van der Waals surface area contributed by atoms with Crippen LogP contribution >= 0.6 is 0 Å². The fourth-order valence-corrected chi connectivity index (χ4v) is 6.03. The monoisotopic (exact) mass is 538 g/mol. The van der Waals surface area contributed by atoms with Crippen LogP contribution in [-0.2, 0) is 10.0 Å². The maximum absolute atomic E-state index is 15.3. The predicted molar refractivity (Wildman–Crippen MR) is 122 cm³/mol. The Balaban J connectivity index is 1.49. The summed E-state index contributed by atoms with van der Waals surface area (Å²) in [5.74, 6) is -2.38. The molecule has 9 nitrogen and oxygen atoms in total. The Morgan fingerprint density at radius 1 is 1.08 bits per heavy atom. The van der Waals surface area contributed by atoms with Gasteiger partial charge in [-0.2, -0.15) is 23.4 Å². The van der Waals surface area contributed by atoms with Crippen molar-refractivity contribution in [2.24, 2.45) is 5.92 Å². The quantitative estimate of drug-likeness (QED) is 0.485. The van der Waals surface area contributed by atoms with Crippen molar-refractivity contribution in [2.45, 2.75) is 42.4 Å². The molecule has 196 valence electrons. The van der Waals surface area contributed by atoms with Crippen LogP contribution in [-0.4, -0.2) is 52.8 Å². The number of nitrogens with one attached hydrogen (secondary N) is 1. The van der Waals surface area contributed by atoms with Crippen LogP contribution in [0.15, 0.2) is 54.1 Å². The van der Waals surface area contributed by atoms with Crippen molar-refractivity contribution in [2.75, 3.05) is 17.9 Å². The Labute approximate surface area is 210 Å². The Morgan fingerprint density at radius 2 is 1.92 bits per heavy atom. The van der Waals surface area contributed by atoms with Crippen molar-refractivity contribution in [3.63, 3.8) is 0 Å². The zero-order chi connectivity index (χ0) is 26.2. The summed E-state index contributed by atoms with van der Waals surface area (Å²) < 4.78 is 89.7. The number of anilines is 1. The van der Waals surface area contributed by atoms with Crippen molar-refractivity contribution in [1.82, 2.24) is 25.1 Å². The third-order valence-corrected chi connectivity index (χ3v) is 8.05. The Morgan fingerprint density at radius 3 is 2.62 bits per heavy atom. The van der Waals surface area contributed by atoms with E-state index in [-0.39, 0.29) is 37.6 Å². The third-order valence-electron chi connectivity index (χ3n) is 6.68. The number of ether oxygens (including phenoxy) is 1. The van der Waals surface area contributed by atoms with E-state index in [0.717, 1.165) is 18.5 Å². The molecule has 0 radical (unpaired) electrons. The number of hydrogen-bond donors (Lipinski definition) is 1. The molecule has 1 N–H and O–H groups in total. The van der Waals surface area contributed by atoms with Gasteiger partial charge >= 0.3 is 6.18 Å². The molecule has 0 saturated carbocycles. The van der Waals surface area contributed by atoms with Crippen molar-refractivity contribution in [3.8, 4) is 5.75 Å². The van der Waals surface area contributed by atoms with Gasteiger partial charge in [0.25, 0.3) is 10.0 Å². The van der Waals surface area contributed by atoms with Crippen molar-refractivity contribution in [3.05, 3.63) is 66.1 Å². The summed E-state index contributed by atoms with van der Waals surface area (Å²) in [4.78, 5) is 8.76. The van der Waals surface area contributed by atoms with Crippen LogP contribution in [0.1, 0.15) is 42.5 Å². The number of hydrogen-bond acceptors (Lipinski definition) is 8. The predicted octanol–water partition coefficient (Wildman–Crippen LogP) is 4.05. The topological polar surface area (TPSA) is 110 Å². The van der Waals surface area contributed by atoms with Crippen LogP contribution in [0.2, 0.25) is 0 Å². The molecule has 14 heteroatoms. The maximum atomic E-state index is 15.3. The van der Waals surface area contributed by atoms with Crippen LogP contribution in [0.3, 0.4) is 0 Å². The van der Waals surface area contributed by atoms with E-state index in [1.807, 2.05) is 4.90 Å². The Hall–Kier alpha value is -3.39. The largest absolute Gasteiger partial charge is 0.493 e. The molecule has 37 heavy (non-hydrogen) atoms. The fourth-order valence-electron chi connectivity index (χ4n) is 4.95. The van der Waals surface area contributed by atoms with Crippen LogP contribution in [0.5, 0.6) is 5.75 Å². The summed E-state index contributed by atoms with van der Waals surface area (Å²) in [7, 11) is -4.35. The molecular weight excluding hydrogens is 516 g/mol. The van der Waals surface area contributed by atoms with Gasteiger partial charge in [0.05, 0.1) is 18.7 Å². The van der Waals surface area contributed by atoms with E-state index in [9.17, 15) is 21.6 Å². The number of rotatable bonds is 5. The number of piperidine rings is 1. The Bertz CT molecular complexity index is 1360. The van der Waals surface area contributed by atoms with Gasteiger partial charge in [0.1, 0.15) is 28.6 Å². The van der Waals surface area contributed by atoms with E-state index in [1.54, 1.807) is 6.07 Å². The fraction of sp³-hybridized carbons (Fsp3) is 0.391. The lowest BCUT2D eigenvalue weighted by atomic mass is 9.84. The first kappa shape index (κ1) is 25.3. The number of aromatic nitrogens is 4. The SMILES string of the molecule is O=S(=O)(Nc1ccncn1)c1cc2c(cc1F)[C@@H](N1CC[C@H](C(F)(F)F)C[C@@H]1c1ccnnc1)CCO2. The summed E-state index contributed by atoms with van der Waals surface area (Å²) in [6, 6.07) is 4.00. The Kier molecular flexibility index (Phi) is 6.70. The zero-order valence-corrected chi connectivity index (χ0v) is 20.1. The third kappa shape index (κ3) is 5.21. The normalized spacial score (nSPS) is 22.6. The molecule has 2 aliphatic rings. The molecule has 5 rings (SSSR count). The number of fused-ring (bicyclic) bond motifs is 1. The summed E-state index contributed by atoms with van der Waals surface area (Å²) in [5.41, 5.74) is 0.952. The lowest BCUT2D eigenvalue weighted by Crippen LogP contribution is -2.44. The summed E-state index contributed by atoms with van der Waals surface area (Å²) in [6.45, 7) is 0.293. The van der Waals surface area contributed by atoms with Crippen LogP contribution in [0.25, 0.3) is 0 Å². The summed E-state index contributed by atoms with van der Waals surface area (Å²) in [6.07, 6.45) is 1.09. The van der Waals surface area contributed by atoms with E-state index in [1.165, 1.54) is 24.7 Å². The zero-order valence-electron chi connectivity index (χ0n) is 19.3. The van der Waals surface area contributed by atoms with Gasteiger partial charge < -0.3 is 4.74 Å². The average Bonchev–Trinajstić information content (AvgIpc) is 2.88. The first-order valence-electron chi connectivity index (χ1n) is 11.5. The van der Waals surface area contributed by atoms with Gasteiger partial charge in [-0.15, -0.1) is 0 Å². The minimum atomic E-state index is -4.35. The van der Waals surface area contributed by atoms with E-state index in [0.29, 0.717) is 17.5 Å². The minimum Gasteiger partial charge on any atom is -0.493 e. The van der Waals surface area contributed by atoms with Crippen LogP contribution < -0.4 is 9.46 Å². The molecule has 1 aromatic carbocycles. The molecular formula is C23H22F4N6O3S. The van der Waals surface area contributed by atoms with E-state index in [4.69, 9.17) is 4.74 Å². The van der Waals surface area contributed by atoms with Crippen LogP contribution in [0, 0.1) is 11.7 Å². The van der Waals surface area contributed by atoms with Gasteiger partial charge in [0.15, 0.2) is 0 Å². The average molecular weight is 539 g/mol. The molecule has 0 unspecified atom stereocenters. The number of likely N-dealkylation sites (tertiary alicyclic amines) is 1. The van der Waals surface area contributed by atoms with Gasteiger partial charge in [-0.1, -0.05) is 0 Å². The number of nitrogens with zero attached hydrogens (tertiary/aromatic N) is 5. The first-order chi connectivity index (χ1) is 17.6. The molecule has 1 saturated heterocycles. The second-order valence-corrected chi connectivity index (χ2v) is 10.5. The lowest BCUT2D eigenvalue weighted by molar-refractivity contribution is -0.192.